The second-order valence-corrected chi connectivity index (χ2v) is 9.73. The van der Waals surface area contributed by atoms with Crippen molar-refractivity contribution in [2.75, 3.05) is 18.4 Å². The Morgan fingerprint density at radius 2 is 1.93 bits per heavy atom. The van der Waals surface area contributed by atoms with E-state index in [4.69, 9.17) is 9.97 Å². The summed E-state index contributed by atoms with van der Waals surface area (Å²) < 4.78 is 0. The van der Waals surface area contributed by atoms with Gasteiger partial charge in [0.2, 0.25) is 5.91 Å². The molecule has 5 nitrogen and oxygen atoms in total. The van der Waals surface area contributed by atoms with Gasteiger partial charge in [0.15, 0.2) is 0 Å². The molecule has 29 heavy (non-hydrogen) atoms. The maximum atomic E-state index is 11.6. The van der Waals surface area contributed by atoms with Crippen LogP contribution in [0.1, 0.15) is 36.0 Å². The molecule has 0 radical (unpaired) electrons. The van der Waals surface area contributed by atoms with Gasteiger partial charge in [0.05, 0.1) is 11.1 Å². The molecular weight excluding hydrogens is 400 g/mol. The third-order valence-electron chi connectivity index (χ3n) is 5.47. The molecule has 0 bridgehead atoms. The highest BCUT2D eigenvalue weighted by Crippen LogP contribution is 2.35. The van der Waals surface area contributed by atoms with Crippen molar-refractivity contribution >= 4 is 45.0 Å². The fourth-order valence-electron chi connectivity index (χ4n) is 3.66. The summed E-state index contributed by atoms with van der Waals surface area (Å²) in [5, 5.41) is 4.83. The van der Waals surface area contributed by atoms with E-state index in [0.717, 1.165) is 53.5 Å². The topological polar surface area (TPSA) is 58.1 Å². The summed E-state index contributed by atoms with van der Waals surface area (Å²) >= 11 is 3.50. The molecular formula is C22H26N4OS2. The third kappa shape index (κ3) is 4.56. The van der Waals surface area contributed by atoms with Crippen molar-refractivity contribution in [2.45, 2.75) is 50.3 Å². The Balaban J connectivity index is 1.57. The van der Waals surface area contributed by atoms with Crippen molar-refractivity contribution in [2.24, 2.45) is 0 Å². The monoisotopic (exact) mass is 426 g/mol. The molecule has 1 amide bonds. The van der Waals surface area contributed by atoms with E-state index in [1.807, 2.05) is 11.0 Å². The highest BCUT2D eigenvalue weighted by Gasteiger charge is 2.23. The first-order chi connectivity index (χ1) is 14.0. The number of thiophene rings is 1. The van der Waals surface area contributed by atoms with Gasteiger partial charge in [0, 0.05) is 35.8 Å². The number of fused-ring (bicyclic) bond motifs is 1. The predicted molar refractivity (Wildman–Crippen MR) is 122 cm³/mol. The molecule has 0 spiro atoms. The van der Waals surface area contributed by atoms with E-state index in [-0.39, 0.29) is 5.91 Å². The lowest BCUT2D eigenvalue weighted by Crippen LogP contribution is -2.41. The second-order valence-electron chi connectivity index (χ2n) is 7.48. The van der Waals surface area contributed by atoms with Crippen LogP contribution < -0.4 is 5.32 Å². The summed E-state index contributed by atoms with van der Waals surface area (Å²) in [6, 6.07) is 10.7. The van der Waals surface area contributed by atoms with Crippen molar-refractivity contribution in [3.8, 4) is 0 Å². The van der Waals surface area contributed by atoms with Crippen molar-refractivity contribution in [1.29, 1.82) is 0 Å². The maximum absolute atomic E-state index is 11.6. The molecule has 1 saturated heterocycles. The van der Waals surface area contributed by atoms with E-state index in [9.17, 15) is 4.79 Å². The van der Waals surface area contributed by atoms with E-state index in [1.54, 1.807) is 30.0 Å². The lowest BCUT2D eigenvalue weighted by molar-refractivity contribution is -0.129. The Morgan fingerprint density at radius 1 is 1.21 bits per heavy atom. The van der Waals surface area contributed by atoms with E-state index in [1.165, 1.54) is 15.3 Å². The molecule has 7 heteroatoms. The molecule has 3 aromatic rings. The Labute approximate surface area is 179 Å². The summed E-state index contributed by atoms with van der Waals surface area (Å²) in [5.74, 6) is 2.71. The van der Waals surface area contributed by atoms with Crippen LogP contribution in [-0.4, -0.2) is 39.9 Å². The number of likely N-dealkylation sites (tertiary alicyclic amines) is 1. The van der Waals surface area contributed by atoms with Crippen LogP contribution in [0.2, 0.25) is 0 Å². The Kier molecular flexibility index (Phi) is 6.06. The van der Waals surface area contributed by atoms with E-state index in [2.05, 4.69) is 43.4 Å². The lowest BCUT2D eigenvalue weighted by atomic mass is 10.0. The first-order valence-electron chi connectivity index (χ1n) is 9.98. The van der Waals surface area contributed by atoms with Crippen LogP contribution in [0.15, 0.2) is 35.2 Å². The molecule has 2 aromatic heterocycles. The number of hydrogen-bond acceptors (Lipinski definition) is 6. The van der Waals surface area contributed by atoms with Crippen LogP contribution in [0, 0.1) is 13.8 Å². The molecule has 4 rings (SSSR count). The van der Waals surface area contributed by atoms with E-state index in [0.29, 0.717) is 6.04 Å². The van der Waals surface area contributed by atoms with Crippen molar-refractivity contribution in [1.82, 2.24) is 14.9 Å². The van der Waals surface area contributed by atoms with Crippen LogP contribution in [0.5, 0.6) is 0 Å². The van der Waals surface area contributed by atoms with Crippen LogP contribution in [-0.2, 0) is 10.5 Å². The lowest BCUT2D eigenvalue weighted by Gasteiger charge is -2.32. The third-order valence-corrected chi connectivity index (χ3v) is 7.58. The molecule has 1 aliphatic rings. The standard InChI is InChI=1S/C22H26N4OS2/c1-14-15(2)29-22-20(14)21(23-17-9-11-26(12-10-17)16(3)27)24-19(25-22)13-28-18-7-5-4-6-8-18/h4-8,17H,9-13H2,1-3H3,(H,23,24,25). The highest BCUT2D eigenvalue weighted by molar-refractivity contribution is 7.98. The maximum Gasteiger partial charge on any atom is 0.219 e. The number of aromatic nitrogens is 2. The average molecular weight is 427 g/mol. The number of carbonyl (C=O) groups excluding carboxylic acids is 1. The number of amides is 1. The second kappa shape index (κ2) is 8.71. The fraction of sp³-hybridized carbons (Fsp3) is 0.409. The van der Waals surface area contributed by atoms with Gasteiger partial charge >= 0.3 is 0 Å². The zero-order valence-electron chi connectivity index (χ0n) is 17.1. The van der Waals surface area contributed by atoms with Gasteiger partial charge in [0.25, 0.3) is 0 Å². The SMILES string of the molecule is CC(=O)N1CCC(Nc2nc(CSc3ccccc3)nc3sc(C)c(C)c23)CC1. The molecule has 152 valence electrons. The largest absolute Gasteiger partial charge is 0.367 e. The number of nitrogens with zero attached hydrogens (tertiary/aromatic N) is 3. The van der Waals surface area contributed by atoms with Crippen molar-refractivity contribution in [3.05, 3.63) is 46.6 Å². The average Bonchev–Trinajstić information content (AvgIpc) is 3.01. The van der Waals surface area contributed by atoms with Crippen molar-refractivity contribution in [3.63, 3.8) is 0 Å². The zero-order valence-corrected chi connectivity index (χ0v) is 18.7. The molecule has 1 aromatic carbocycles. The summed E-state index contributed by atoms with van der Waals surface area (Å²) in [6.45, 7) is 7.56. The van der Waals surface area contributed by atoms with Crippen LogP contribution in [0.4, 0.5) is 5.82 Å². The van der Waals surface area contributed by atoms with Crippen LogP contribution >= 0.6 is 23.1 Å². The number of hydrogen-bond donors (Lipinski definition) is 1. The summed E-state index contributed by atoms with van der Waals surface area (Å²) in [5.41, 5.74) is 1.26. The minimum atomic E-state index is 0.164. The minimum absolute atomic E-state index is 0.164. The summed E-state index contributed by atoms with van der Waals surface area (Å²) in [4.78, 5) is 26.9. The van der Waals surface area contributed by atoms with Crippen LogP contribution in [0.3, 0.4) is 0 Å². The smallest absolute Gasteiger partial charge is 0.219 e. The number of nitrogens with one attached hydrogen (secondary N) is 1. The van der Waals surface area contributed by atoms with Crippen molar-refractivity contribution < 1.29 is 4.79 Å². The number of piperidine rings is 1. The molecule has 1 fully saturated rings. The van der Waals surface area contributed by atoms with Gasteiger partial charge in [-0.25, -0.2) is 9.97 Å². The van der Waals surface area contributed by atoms with Gasteiger partial charge in [-0.1, -0.05) is 18.2 Å². The van der Waals surface area contributed by atoms with E-state index < -0.39 is 0 Å². The molecule has 3 heterocycles. The van der Waals surface area contributed by atoms with Gasteiger partial charge in [-0.2, -0.15) is 0 Å². The quantitative estimate of drug-likeness (QED) is 0.580. The van der Waals surface area contributed by atoms with E-state index >= 15 is 0 Å². The number of thioether (sulfide) groups is 1. The van der Waals surface area contributed by atoms with Gasteiger partial charge < -0.3 is 10.2 Å². The minimum Gasteiger partial charge on any atom is -0.367 e. The first-order valence-corrected chi connectivity index (χ1v) is 11.8. The number of rotatable bonds is 5. The normalized spacial score (nSPS) is 15.1. The molecule has 1 aliphatic heterocycles. The Bertz CT molecular complexity index is 1010. The first kappa shape index (κ1) is 20.2. The van der Waals surface area contributed by atoms with Gasteiger partial charge in [0.1, 0.15) is 16.5 Å². The molecule has 0 unspecified atom stereocenters. The van der Waals surface area contributed by atoms with Gasteiger partial charge in [-0.3, -0.25) is 4.79 Å². The number of aryl methyl sites for hydroxylation is 2. The number of benzene rings is 1. The van der Waals surface area contributed by atoms with Gasteiger partial charge in [-0.05, 0) is 44.4 Å². The number of anilines is 1. The number of carbonyl (C=O) groups is 1. The predicted octanol–water partition coefficient (Wildman–Crippen LogP) is 5.02. The van der Waals surface area contributed by atoms with Crippen LogP contribution in [0.25, 0.3) is 10.2 Å². The Morgan fingerprint density at radius 3 is 2.62 bits per heavy atom. The molecule has 0 atom stereocenters. The summed E-state index contributed by atoms with van der Waals surface area (Å²) in [7, 11) is 0. The summed E-state index contributed by atoms with van der Waals surface area (Å²) in [6.07, 6.45) is 1.89. The zero-order chi connectivity index (χ0) is 20.4. The Hall–Kier alpha value is -2.12. The molecule has 1 N–H and O–H groups in total. The fourth-order valence-corrected chi connectivity index (χ4v) is 5.48. The molecule has 0 saturated carbocycles. The highest BCUT2D eigenvalue weighted by atomic mass is 32.2. The van der Waals surface area contributed by atoms with Gasteiger partial charge in [-0.15, -0.1) is 23.1 Å². The molecule has 0 aliphatic carbocycles.